The number of carbonyl (C=O) groups is 1. The second-order valence-electron chi connectivity index (χ2n) is 8.69. The van der Waals surface area contributed by atoms with Crippen molar-refractivity contribution in [2.45, 2.75) is 4.90 Å². The van der Waals surface area contributed by atoms with Crippen molar-refractivity contribution in [1.29, 1.82) is 5.41 Å². The van der Waals surface area contributed by atoms with Crippen molar-refractivity contribution in [2.75, 3.05) is 17.1 Å². The Labute approximate surface area is 226 Å². The second-order valence-corrected chi connectivity index (χ2v) is 10.4. The highest BCUT2D eigenvalue weighted by atomic mass is 32.2. The first kappa shape index (κ1) is 26.6. The van der Waals surface area contributed by atoms with E-state index in [4.69, 9.17) is 5.41 Å². The van der Waals surface area contributed by atoms with Gasteiger partial charge in [0.2, 0.25) is 5.78 Å². The average Bonchev–Trinajstić information content (AvgIpc) is 3.37. The second kappa shape index (κ2) is 10.3. The summed E-state index contributed by atoms with van der Waals surface area (Å²) in [5.41, 5.74) is 1.17. The van der Waals surface area contributed by atoms with Gasteiger partial charge in [0.05, 0.1) is 16.1 Å². The van der Waals surface area contributed by atoms with Gasteiger partial charge in [0.25, 0.3) is 10.0 Å². The highest BCUT2D eigenvalue weighted by Crippen LogP contribution is 2.31. The van der Waals surface area contributed by atoms with E-state index < -0.39 is 49.4 Å². The summed E-state index contributed by atoms with van der Waals surface area (Å²) in [6.45, 7) is 0. The van der Waals surface area contributed by atoms with E-state index in [1.807, 2.05) is 4.72 Å². The zero-order valence-corrected chi connectivity index (χ0v) is 21.5. The first-order chi connectivity index (χ1) is 19.1. The molecule has 0 aliphatic rings. The molecular weight excluding hydrogens is 543 g/mol. The van der Waals surface area contributed by atoms with Crippen LogP contribution in [0.4, 0.5) is 24.5 Å². The maximum Gasteiger partial charge on any atom is 0.262 e. The number of ketones is 1. The molecule has 40 heavy (non-hydrogen) atoms. The molecule has 3 aromatic carbocycles. The number of aromatic amines is 1. The topological polar surface area (TPSA) is 128 Å². The molecule has 0 atom stereocenters. The molecule has 4 N–H and O–H groups in total. The van der Waals surface area contributed by atoms with Crippen LogP contribution in [0.2, 0.25) is 0 Å². The molecule has 0 fully saturated rings. The maximum absolute atomic E-state index is 15.5. The summed E-state index contributed by atoms with van der Waals surface area (Å²) in [6, 6.07) is 12.6. The Balaban J connectivity index is 1.55. The van der Waals surface area contributed by atoms with Gasteiger partial charge in [-0.3, -0.25) is 9.52 Å². The van der Waals surface area contributed by atoms with Crippen LogP contribution < -0.4 is 10.0 Å². The lowest BCUT2D eigenvalue weighted by Gasteiger charge is -2.12. The standard InChI is InChI=1S/C28H20F3N5O3S/c1-33-23-7-5-15(9-16(23)12-32)17-10-20-21(14-35-28(20)34-13-17)27(37)25-22(30)6-8-24(26(25)31)36-40(38,39)19-4-2-3-18(29)11-19/h2-14,32-33,36H,1H3,(H,34,35). The van der Waals surface area contributed by atoms with Gasteiger partial charge in [0.15, 0.2) is 5.82 Å². The highest BCUT2D eigenvalue weighted by Gasteiger charge is 2.26. The van der Waals surface area contributed by atoms with Crippen LogP contribution in [0.3, 0.4) is 0 Å². The minimum absolute atomic E-state index is 0.0913. The predicted molar refractivity (Wildman–Crippen MR) is 146 cm³/mol. The predicted octanol–water partition coefficient (Wildman–Crippen LogP) is 5.72. The minimum atomic E-state index is -4.45. The summed E-state index contributed by atoms with van der Waals surface area (Å²) in [4.78, 5) is 20.1. The van der Waals surface area contributed by atoms with Gasteiger partial charge in [0.1, 0.15) is 17.3 Å². The van der Waals surface area contributed by atoms with Gasteiger partial charge in [-0.1, -0.05) is 12.1 Å². The van der Waals surface area contributed by atoms with Crippen molar-refractivity contribution >= 4 is 44.4 Å². The third kappa shape index (κ3) is 4.80. The summed E-state index contributed by atoms with van der Waals surface area (Å²) in [5.74, 6) is -4.50. The summed E-state index contributed by atoms with van der Waals surface area (Å²) in [7, 11) is -2.72. The molecule has 202 valence electrons. The third-order valence-electron chi connectivity index (χ3n) is 6.25. The number of halogens is 3. The lowest BCUT2D eigenvalue weighted by Crippen LogP contribution is -2.16. The van der Waals surface area contributed by atoms with Crippen LogP contribution in [0.1, 0.15) is 21.5 Å². The van der Waals surface area contributed by atoms with E-state index in [0.29, 0.717) is 16.7 Å². The number of sulfonamides is 1. The van der Waals surface area contributed by atoms with E-state index in [1.54, 1.807) is 37.5 Å². The van der Waals surface area contributed by atoms with Crippen LogP contribution in [-0.4, -0.2) is 37.4 Å². The molecule has 2 aromatic heterocycles. The first-order valence-electron chi connectivity index (χ1n) is 11.7. The SMILES string of the molecule is CNc1ccc(-c2cnc3[nH]cc(C(=O)c4c(F)ccc(NS(=O)(=O)c5cccc(F)c5)c4F)c3c2)cc1C=N. The number of hydrogen-bond acceptors (Lipinski definition) is 6. The third-order valence-corrected chi connectivity index (χ3v) is 7.62. The van der Waals surface area contributed by atoms with Gasteiger partial charge >= 0.3 is 0 Å². The fourth-order valence-corrected chi connectivity index (χ4v) is 5.34. The lowest BCUT2D eigenvalue weighted by atomic mass is 9.99. The van der Waals surface area contributed by atoms with Crippen molar-refractivity contribution in [3.8, 4) is 11.1 Å². The van der Waals surface area contributed by atoms with Crippen LogP contribution in [0.25, 0.3) is 22.2 Å². The van der Waals surface area contributed by atoms with Gasteiger partial charge in [-0.15, -0.1) is 0 Å². The quantitative estimate of drug-likeness (QED) is 0.142. The normalized spacial score (nSPS) is 11.4. The minimum Gasteiger partial charge on any atom is -0.388 e. The number of benzene rings is 3. The van der Waals surface area contributed by atoms with E-state index in [9.17, 15) is 22.0 Å². The number of nitrogens with zero attached hydrogens (tertiary/aromatic N) is 1. The zero-order valence-electron chi connectivity index (χ0n) is 20.7. The molecule has 0 spiro atoms. The molecule has 5 aromatic rings. The fourth-order valence-electron chi connectivity index (χ4n) is 4.25. The van der Waals surface area contributed by atoms with E-state index in [0.717, 1.165) is 36.0 Å². The Morgan fingerprint density at radius 1 is 1.00 bits per heavy atom. The monoisotopic (exact) mass is 563 g/mol. The van der Waals surface area contributed by atoms with Crippen LogP contribution in [0.15, 0.2) is 78.0 Å². The van der Waals surface area contributed by atoms with Crippen molar-refractivity contribution in [3.05, 3.63) is 107 Å². The van der Waals surface area contributed by atoms with E-state index in [2.05, 4.69) is 15.3 Å². The molecule has 0 amide bonds. The molecule has 0 radical (unpaired) electrons. The van der Waals surface area contributed by atoms with E-state index >= 15 is 4.39 Å². The Kier molecular flexibility index (Phi) is 6.86. The van der Waals surface area contributed by atoms with Crippen molar-refractivity contribution in [3.63, 3.8) is 0 Å². The van der Waals surface area contributed by atoms with Gasteiger partial charge in [-0.25, -0.2) is 26.6 Å². The van der Waals surface area contributed by atoms with Crippen LogP contribution in [-0.2, 0) is 10.0 Å². The van der Waals surface area contributed by atoms with E-state index in [1.165, 1.54) is 18.5 Å². The number of carbonyl (C=O) groups excluding carboxylic acids is 1. The summed E-state index contributed by atoms with van der Waals surface area (Å²) in [6.07, 6.45) is 4.01. The van der Waals surface area contributed by atoms with E-state index in [-0.39, 0.29) is 16.6 Å². The summed E-state index contributed by atoms with van der Waals surface area (Å²) in [5, 5.41) is 10.9. The smallest absolute Gasteiger partial charge is 0.262 e. The molecule has 12 heteroatoms. The molecule has 0 aliphatic carbocycles. The fraction of sp³-hybridized carbons (Fsp3) is 0.0357. The van der Waals surface area contributed by atoms with Gasteiger partial charge in [-0.05, 0) is 54.1 Å². The number of hydrogen-bond donors (Lipinski definition) is 4. The highest BCUT2D eigenvalue weighted by molar-refractivity contribution is 7.92. The molecule has 2 heterocycles. The molecule has 0 saturated carbocycles. The summed E-state index contributed by atoms with van der Waals surface area (Å²) < 4.78 is 71.2. The average molecular weight is 564 g/mol. The Bertz CT molecular complexity index is 1920. The number of H-pyrrole nitrogens is 1. The molecular formula is C28H20F3N5O3S. The van der Waals surface area contributed by atoms with Crippen molar-refractivity contribution in [2.24, 2.45) is 0 Å². The Morgan fingerprint density at radius 2 is 1.77 bits per heavy atom. The van der Waals surface area contributed by atoms with Crippen molar-refractivity contribution in [1.82, 2.24) is 9.97 Å². The molecule has 5 rings (SSSR count). The van der Waals surface area contributed by atoms with Gasteiger partial charge in [0, 0.05) is 53.4 Å². The van der Waals surface area contributed by atoms with Gasteiger partial charge < -0.3 is 15.7 Å². The van der Waals surface area contributed by atoms with Crippen LogP contribution in [0.5, 0.6) is 0 Å². The summed E-state index contributed by atoms with van der Waals surface area (Å²) >= 11 is 0. The largest absolute Gasteiger partial charge is 0.388 e. The number of nitrogens with one attached hydrogen (secondary N) is 4. The molecule has 0 bridgehead atoms. The molecule has 0 saturated heterocycles. The van der Waals surface area contributed by atoms with Crippen LogP contribution in [0, 0.1) is 22.9 Å². The Hall–Kier alpha value is -4.97. The molecule has 0 unspecified atom stereocenters. The number of fused-ring (bicyclic) bond motifs is 1. The van der Waals surface area contributed by atoms with Crippen LogP contribution >= 0.6 is 0 Å². The number of pyridine rings is 1. The first-order valence-corrected chi connectivity index (χ1v) is 13.2. The van der Waals surface area contributed by atoms with Gasteiger partial charge in [-0.2, -0.15) is 0 Å². The zero-order chi connectivity index (χ0) is 28.6. The lowest BCUT2D eigenvalue weighted by molar-refractivity contribution is 0.103. The Morgan fingerprint density at radius 3 is 2.50 bits per heavy atom. The number of aromatic nitrogens is 2. The maximum atomic E-state index is 15.5. The molecule has 8 nitrogen and oxygen atoms in total. The molecule has 0 aliphatic heterocycles. The number of rotatable bonds is 8. The van der Waals surface area contributed by atoms with Crippen molar-refractivity contribution < 1.29 is 26.4 Å². The number of anilines is 2.